The maximum atomic E-state index is 10.6. The summed E-state index contributed by atoms with van der Waals surface area (Å²) < 4.78 is 21.1. The molecule has 0 aliphatic rings. The van der Waals surface area contributed by atoms with E-state index in [0.29, 0.717) is 0 Å². The first-order chi connectivity index (χ1) is 4.56. The van der Waals surface area contributed by atoms with E-state index in [9.17, 15) is 8.78 Å². The van der Waals surface area contributed by atoms with Gasteiger partial charge in [0.25, 0.3) is 0 Å². The van der Waals surface area contributed by atoms with Crippen molar-refractivity contribution in [1.29, 1.82) is 0 Å². The van der Waals surface area contributed by atoms with Crippen molar-refractivity contribution in [2.24, 2.45) is 0 Å². The van der Waals surface area contributed by atoms with Gasteiger partial charge < -0.3 is 5.11 Å². The van der Waals surface area contributed by atoms with Gasteiger partial charge in [-0.1, -0.05) is 0 Å². The minimum atomic E-state index is -3.23. The van der Waals surface area contributed by atoms with Gasteiger partial charge in [-0.3, -0.25) is 0 Å². The molecule has 0 unspecified atom stereocenters. The first-order valence-electron chi connectivity index (χ1n) is 2.63. The van der Waals surface area contributed by atoms with Crippen LogP contribution in [0.4, 0.5) is 8.78 Å². The third-order valence-electron chi connectivity index (χ3n) is 0.376. The Hall–Kier alpha value is 0.433. The zero-order valence-corrected chi connectivity index (χ0v) is 10.0. The van der Waals surface area contributed by atoms with Gasteiger partial charge in [-0.25, -0.2) is 4.79 Å². The number of carboxylic acids is 1. The average Bonchev–Trinajstić information content (AvgIpc) is 1.89. The minimum absolute atomic E-state index is 0.0764. The smallest absolute Gasteiger partial charge is 0.371 e. The summed E-state index contributed by atoms with van der Waals surface area (Å²) in [6, 6.07) is 0. The van der Waals surface area contributed by atoms with Crippen molar-refractivity contribution in [3.63, 3.8) is 0 Å². The summed E-state index contributed by atoms with van der Waals surface area (Å²) in [7, 11) is 0. The van der Waals surface area contributed by atoms with Gasteiger partial charge in [0.2, 0.25) is 0 Å². The Kier molecular flexibility index (Phi) is 12.3. The fourth-order valence-electron chi connectivity index (χ4n) is 0. The predicted octanol–water partition coefficient (Wildman–Crippen LogP) is 2.15. The van der Waals surface area contributed by atoms with Crippen LogP contribution in [0.3, 0.4) is 0 Å². The molecular weight excluding hydrogens is 263 g/mol. The van der Waals surface area contributed by atoms with Crippen molar-refractivity contribution in [2.45, 2.75) is 18.4 Å². The molecule has 6 heteroatoms. The summed E-state index contributed by atoms with van der Waals surface area (Å²) in [5.74, 6) is -2.07. The van der Waals surface area contributed by atoms with Crippen LogP contribution in [-0.2, 0) is 20.0 Å². The number of halogens is 3. The van der Waals surface area contributed by atoms with Crippen molar-refractivity contribution in [2.75, 3.05) is 0 Å². The maximum Gasteiger partial charge on any atom is 0.371 e. The Bertz CT molecular complexity index is 89.3. The second-order valence-corrected chi connectivity index (χ2v) is 8.34. The van der Waals surface area contributed by atoms with Crippen LogP contribution < -0.4 is 0 Å². The van der Waals surface area contributed by atoms with Crippen LogP contribution in [0.2, 0.25) is 5.02 Å². The second-order valence-electron chi connectivity index (χ2n) is 1.33. The minimum Gasteiger partial charge on any atom is -0.477 e. The molecule has 0 aromatic rings. The van der Waals surface area contributed by atoms with Crippen LogP contribution >= 0.6 is 13.6 Å². The molecule has 0 heterocycles. The zero-order chi connectivity index (χ0) is 8.57. The molecule has 0 aliphatic heterocycles. The Balaban J connectivity index is 0. The van der Waals surface area contributed by atoms with Gasteiger partial charge in [0.05, 0.1) is 0 Å². The average molecular weight is 270 g/mol. The largest absolute Gasteiger partial charge is 0.477 e. The Labute approximate surface area is 71.9 Å². The molecule has 0 rings (SSSR count). The number of carbonyl (C=O) groups is 1. The molecule has 0 bridgehead atoms. The number of hydrogen-bond donors (Lipinski definition) is 1. The molecule has 2 nitrogen and oxygen atoms in total. The standard InChI is InChI=1S/C2H2F2O2.C2H5.BrH.Zn/c3-1(4)2(5)6;1-2;;/h1H,(H,5,6);1H2,2H3;1H;/q;;;+1/p-1. The normalized spacial score (nSPS) is 7.70. The first kappa shape index (κ1) is 13.1. The molecule has 0 fully saturated rings. The SMILES string of the molecule is C[CH2][Zn][Br].O=C(O)C(F)F. The summed E-state index contributed by atoms with van der Waals surface area (Å²) in [5, 5.41) is 8.66. The number of alkyl halides is 2. The molecule has 0 amide bonds. The van der Waals surface area contributed by atoms with E-state index in [2.05, 4.69) is 20.5 Å². The summed E-state index contributed by atoms with van der Waals surface area (Å²) in [6.45, 7) is 2.22. The molecule has 0 aromatic carbocycles. The Morgan fingerprint density at radius 3 is 2.00 bits per heavy atom. The van der Waals surface area contributed by atoms with Gasteiger partial charge in [0.1, 0.15) is 0 Å². The van der Waals surface area contributed by atoms with Gasteiger partial charge in [-0.05, 0) is 0 Å². The third-order valence-corrected chi connectivity index (χ3v) is 5.29. The number of hydrogen-bond acceptors (Lipinski definition) is 1. The molecule has 0 radical (unpaired) electrons. The van der Waals surface area contributed by atoms with Crippen molar-refractivity contribution >= 4 is 19.6 Å². The molecular formula is C4H7BrF2O2Zn. The van der Waals surface area contributed by atoms with Crippen LogP contribution in [0, 0.1) is 0 Å². The van der Waals surface area contributed by atoms with E-state index in [-0.39, 0.29) is 15.2 Å². The molecule has 1 N–H and O–H groups in total. The molecule has 0 aromatic heterocycles. The van der Waals surface area contributed by atoms with Gasteiger partial charge >= 0.3 is 53.1 Å². The predicted molar refractivity (Wildman–Crippen MR) is 33.0 cm³/mol. The molecule has 0 saturated heterocycles. The van der Waals surface area contributed by atoms with Gasteiger partial charge in [0, 0.05) is 0 Å². The molecule has 10 heavy (non-hydrogen) atoms. The van der Waals surface area contributed by atoms with E-state index in [1.165, 1.54) is 5.02 Å². The topological polar surface area (TPSA) is 37.3 Å². The summed E-state index contributed by atoms with van der Waals surface area (Å²) in [5.41, 5.74) is 0. The first-order valence-corrected chi connectivity index (χ1v) is 11.7. The monoisotopic (exact) mass is 268 g/mol. The van der Waals surface area contributed by atoms with E-state index in [0.717, 1.165) is 0 Å². The summed E-state index contributed by atoms with van der Waals surface area (Å²) in [4.78, 5) is 8.95. The zero-order valence-electron chi connectivity index (χ0n) is 5.48. The van der Waals surface area contributed by atoms with Crippen molar-refractivity contribution in [1.82, 2.24) is 0 Å². The second kappa shape index (κ2) is 9.43. The number of carboxylic acid groups (broad SMARTS) is 1. The van der Waals surface area contributed by atoms with Crippen molar-refractivity contribution < 1.29 is 33.8 Å². The van der Waals surface area contributed by atoms with Gasteiger partial charge in [0.15, 0.2) is 0 Å². The number of aliphatic carboxylic acids is 1. The van der Waals surface area contributed by atoms with Crippen LogP contribution in [0.5, 0.6) is 0 Å². The maximum absolute atomic E-state index is 10.6. The van der Waals surface area contributed by atoms with Crippen LogP contribution in [0.25, 0.3) is 0 Å². The van der Waals surface area contributed by atoms with Crippen molar-refractivity contribution in [3.05, 3.63) is 0 Å². The summed E-state index contributed by atoms with van der Waals surface area (Å²) in [6.07, 6.45) is -3.23. The molecule has 0 spiro atoms. The quantitative estimate of drug-likeness (QED) is 0.781. The molecule has 0 saturated carbocycles. The van der Waals surface area contributed by atoms with E-state index in [1.807, 2.05) is 0 Å². The van der Waals surface area contributed by atoms with Crippen LogP contribution in [-0.4, -0.2) is 17.5 Å². The van der Waals surface area contributed by atoms with Crippen molar-refractivity contribution in [3.8, 4) is 0 Å². The van der Waals surface area contributed by atoms with Gasteiger partial charge in [-0.15, -0.1) is 0 Å². The fraction of sp³-hybridized carbons (Fsp3) is 0.750. The van der Waals surface area contributed by atoms with E-state index < -0.39 is 12.4 Å². The summed E-state index contributed by atoms with van der Waals surface area (Å²) >= 11 is 3.36. The fourth-order valence-corrected chi connectivity index (χ4v) is 0. The number of rotatable bonds is 2. The van der Waals surface area contributed by atoms with E-state index in [1.54, 1.807) is 0 Å². The Morgan fingerprint density at radius 1 is 1.80 bits per heavy atom. The Morgan fingerprint density at radius 2 is 2.00 bits per heavy atom. The van der Waals surface area contributed by atoms with E-state index >= 15 is 0 Å². The van der Waals surface area contributed by atoms with Crippen LogP contribution in [0.1, 0.15) is 6.92 Å². The third kappa shape index (κ3) is 15.8. The van der Waals surface area contributed by atoms with Crippen LogP contribution in [0.15, 0.2) is 0 Å². The molecule has 0 atom stereocenters. The van der Waals surface area contributed by atoms with Gasteiger partial charge in [-0.2, -0.15) is 8.78 Å². The molecule has 58 valence electrons. The van der Waals surface area contributed by atoms with E-state index in [4.69, 9.17) is 9.90 Å². The molecule has 0 aliphatic carbocycles.